The van der Waals surface area contributed by atoms with Crippen LogP contribution in [0.25, 0.3) is 0 Å². The van der Waals surface area contributed by atoms with Crippen LogP contribution >= 0.6 is 0 Å². The van der Waals surface area contributed by atoms with Crippen molar-refractivity contribution in [2.45, 2.75) is 25.3 Å². The SMILES string of the molecule is O=C(NCCn1cc(C2CCCNC2)nn1)c1ccc(F)cc1. The Hall–Kier alpha value is -2.28. The van der Waals surface area contributed by atoms with Gasteiger partial charge >= 0.3 is 0 Å². The Bertz CT molecular complexity index is 649. The third-order valence-electron chi connectivity index (χ3n) is 4.00. The van der Waals surface area contributed by atoms with Crippen molar-refractivity contribution in [3.8, 4) is 0 Å². The first-order valence-electron chi connectivity index (χ1n) is 7.87. The number of nitrogens with zero attached hydrogens (tertiary/aromatic N) is 3. The summed E-state index contributed by atoms with van der Waals surface area (Å²) in [4.78, 5) is 11.9. The Morgan fingerprint density at radius 1 is 1.39 bits per heavy atom. The quantitative estimate of drug-likeness (QED) is 0.872. The minimum Gasteiger partial charge on any atom is -0.350 e. The second kappa shape index (κ2) is 7.32. The third-order valence-corrected chi connectivity index (χ3v) is 4.00. The van der Waals surface area contributed by atoms with Gasteiger partial charge in [-0.15, -0.1) is 5.10 Å². The number of amides is 1. The van der Waals surface area contributed by atoms with Gasteiger partial charge < -0.3 is 10.6 Å². The summed E-state index contributed by atoms with van der Waals surface area (Å²) in [6, 6.07) is 5.48. The van der Waals surface area contributed by atoms with E-state index in [4.69, 9.17) is 0 Å². The summed E-state index contributed by atoms with van der Waals surface area (Å²) in [7, 11) is 0. The predicted molar refractivity (Wildman–Crippen MR) is 83.6 cm³/mol. The number of piperidine rings is 1. The number of hydrogen-bond acceptors (Lipinski definition) is 4. The van der Waals surface area contributed by atoms with Crippen molar-refractivity contribution in [2.24, 2.45) is 0 Å². The monoisotopic (exact) mass is 317 g/mol. The summed E-state index contributed by atoms with van der Waals surface area (Å²) >= 11 is 0. The van der Waals surface area contributed by atoms with E-state index < -0.39 is 0 Å². The fourth-order valence-electron chi connectivity index (χ4n) is 2.70. The van der Waals surface area contributed by atoms with E-state index in [9.17, 15) is 9.18 Å². The fraction of sp³-hybridized carbons (Fsp3) is 0.438. The van der Waals surface area contributed by atoms with Gasteiger partial charge in [-0.2, -0.15) is 0 Å². The summed E-state index contributed by atoms with van der Waals surface area (Å²) in [5.41, 5.74) is 1.45. The van der Waals surface area contributed by atoms with Crippen molar-refractivity contribution in [2.75, 3.05) is 19.6 Å². The number of halogens is 1. The van der Waals surface area contributed by atoms with Crippen molar-refractivity contribution in [1.29, 1.82) is 0 Å². The second-order valence-electron chi connectivity index (χ2n) is 5.71. The lowest BCUT2D eigenvalue weighted by Crippen LogP contribution is -2.28. The van der Waals surface area contributed by atoms with Crippen molar-refractivity contribution >= 4 is 5.91 Å². The minimum absolute atomic E-state index is 0.221. The van der Waals surface area contributed by atoms with Crippen molar-refractivity contribution in [3.63, 3.8) is 0 Å². The van der Waals surface area contributed by atoms with Gasteiger partial charge in [0.15, 0.2) is 0 Å². The van der Waals surface area contributed by atoms with Crippen molar-refractivity contribution in [3.05, 3.63) is 47.5 Å². The summed E-state index contributed by atoms with van der Waals surface area (Å²) in [6.07, 6.45) is 4.24. The molecule has 2 heterocycles. The zero-order valence-corrected chi connectivity index (χ0v) is 12.8. The number of benzene rings is 1. The largest absolute Gasteiger partial charge is 0.350 e. The molecule has 122 valence electrons. The van der Waals surface area contributed by atoms with Gasteiger partial charge in [-0.1, -0.05) is 5.21 Å². The highest BCUT2D eigenvalue weighted by Crippen LogP contribution is 2.20. The van der Waals surface area contributed by atoms with E-state index in [1.54, 1.807) is 4.68 Å². The van der Waals surface area contributed by atoms with Crippen LogP contribution in [0.15, 0.2) is 30.5 Å². The molecule has 6 nitrogen and oxygen atoms in total. The fourth-order valence-corrected chi connectivity index (χ4v) is 2.70. The molecule has 3 rings (SSSR count). The number of rotatable bonds is 5. The van der Waals surface area contributed by atoms with E-state index in [0.29, 0.717) is 24.6 Å². The van der Waals surface area contributed by atoms with Crippen LogP contribution in [0, 0.1) is 5.82 Å². The first kappa shape index (κ1) is 15.6. The first-order valence-corrected chi connectivity index (χ1v) is 7.87. The number of carbonyl (C=O) groups excluding carboxylic acids is 1. The van der Waals surface area contributed by atoms with E-state index >= 15 is 0 Å². The van der Waals surface area contributed by atoms with Crippen LogP contribution in [0.4, 0.5) is 4.39 Å². The Labute approximate surface area is 134 Å². The standard InChI is InChI=1S/C16H20FN5O/c17-14-5-3-12(4-6-14)16(23)19-8-9-22-11-15(20-21-22)13-2-1-7-18-10-13/h3-6,11,13,18H,1-2,7-10H2,(H,19,23). The molecule has 1 unspecified atom stereocenters. The van der Waals surface area contributed by atoms with Gasteiger partial charge in [0.25, 0.3) is 5.91 Å². The minimum atomic E-state index is -0.353. The smallest absolute Gasteiger partial charge is 0.251 e. The van der Waals surface area contributed by atoms with E-state index in [-0.39, 0.29) is 11.7 Å². The lowest BCUT2D eigenvalue weighted by atomic mass is 9.97. The molecule has 0 saturated carbocycles. The molecule has 0 spiro atoms. The Kier molecular flexibility index (Phi) is 4.97. The van der Waals surface area contributed by atoms with Gasteiger partial charge in [0.05, 0.1) is 12.2 Å². The molecule has 0 aliphatic carbocycles. The van der Waals surface area contributed by atoms with Gasteiger partial charge in [-0.3, -0.25) is 9.48 Å². The maximum atomic E-state index is 12.8. The molecule has 1 aliphatic rings. The molecule has 1 amide bonds. The van der Waals surface area contributed by atoms with Crippen LogP contribution < -0.4 is 10.6 Å². The molecule has 0 radical (unpaired) electrons. The molecule has 1 aromatic carbocycles. The molecular weight excluding hydrogens is 297 g/mol. The van der Waals surface area contributed by atoms with Crippen LogP contribution in [-0.2, 0) is 6.54 Å². The zero-order valence-electron chi connectivity index (χ0n) is 12.8. The summed E-state index contributed by atoms with van der Waals surface area (Å²) in [5, 5.41) is 14.5. The van der Waals surface area contributed by atoms with Gasteiger partial charge in [-0.25, -0.2) is 4.39 Å². The normalized spacial score (nSPS) is 17.9. The number of carbonyl (C=O) groups is 1. The molecular formula is C16H20FN5O. The van der Waals surface area contributed by atoms with E-state index in [1.807, 2.05) is 6.20 Å². The van der Waals surface area contributed by atoms with Gasteiger partial charge in [-0.05, 0) is 43.7 Å². The molecule has 2 aromatic rings. The summed E-state index contributed by atoms with van der Waals surface area (Å²) in [5.74, 6) is -0.151. The Balaban J connectivity index is 1.48. The molecule has 1 aliphatic heterocycles. The van der Waals surface area contributed by atoms with Crippen molar-refractivity contribution < 1.29 is 9.18 Å². The molecule has 7 heteroatoms. The van der Waals surface area contributed by atoms with Crippen LogP contribution in [0.1, 0.15) is 34.8 Å². The molecule has 1 atom stereocenters. The average Bonchev–Trinajstić information content (AvgIpc) is 3.05. The average molecular weight is 317 g/mol. The maximum absolute atomic E-state index is 12.8. The van der Waals surface area contributed by atoms with E-state index in [0.717, 1.165) is 31.6 Å². The lowest BCUT2D eigenvalue weighted by molar-refractivity contribution is 0.0952. The highest BCUT2D eigenvalue weighted by Gasteiger charge is 2.18. The van der Waals surface area contributed by atoms with Gasteiger partial charge in [0, 0.05) is 30.8 Å². The highest BCUT2D eigenvalue weighted by molar-refractivity contribution is 5.94. The van der Waals surface area contributed by atoms with E-state index in [1.165, 1.54) is 24.3 Å². The molecule has 1 fully saturated rings. The number of nitrogens with one attached hydrogen (secondary N) is 2. The second-order valence-corrected chi connectivity index (χ2v) is 5.71. The van der Waals surface area contributed by atoms with Crippen LogP contribution in [0.5, 0.6) is 0 Å². The molecule has 1 saturated heterocycles. The van der Waals surface area contributed by atoms with E-state index in [2.05, 4.69) is 20.9 Å². The van der Waals surface area contributed by atoms with Crippen LogP contribution in [0.2, 0.25) is 0 Å². The summed E-state index contributed by atoms with van der Waals surface area (Å²) < 4.78 is 14.6. The first-order chi connectivity index (χ1) is 11.2. The van der Waals surface area contributed by atoms with Crippen LogP contribution in [-0.4, -0.2) is 40.5 Å². The zero-order chi connectivity index (χ0) is 16.1. The van der Waals surface area contributed by atoms with Crippen LogP contribution in [0.3, 0.4) is 0 Å². The summed E-state index contributed by atoms with van der Waals surface area (Å²) in [6.45, 7) is 3.02. The number of aromatic nitrogens is 3. The topological polar surface area (TPSA) is 71.8 Å². The third kappa shape index (κ3) is 4.13. The highest BCUT2D eigenvalue weighted by atomic mass is 19.1. The van der Waals surface area contributed by atoms with Gasteiger partial charge in [0.1, 0.15) is 5.82 Å². The molecule has 23 heavy (non-hydrogen) atoms. The molecule has 2 N–H and O–H groups in total. The Morgan fingerprint density at radius 3 is 2.96 bits per heavy atom. The Morgan fingerprint density at radius 2 is 2.22 bits per heavy atom. The molecule has 0 bridgehead atoms. The van der Waals surface area contributed by atoms with Crippen molar-refractivity contribution in [1.82, 2.24) is 25.6 Å². The maximum Gasteiger partial charge on any atom is 0.251 e. The molecule has 1 aromatic heterocycles. The lowest BCUT2D eigenvalue weighted by Gasteiger charge is -2.20. The number of hydrogen-bond donors (Lipinski definition) is 2. The predicted octanol–water partition coefficient (Wildman–Crippen LogP) is 1.31. The van der Waals surface area contributed by atoms with Gasteiger partial charge in [0.2, 0.25) is 0 Å².